The Bertz CT molecular complexity index is 597. The molecule has 0 amide bonds. The smallest absolute Gasteiger partial charge is 0.321 e. The summed E-state index contributed by atoms with van der Waals surface area (Å²) in [6.45, 7) is 6.71. The van der Waals surface area contributed by atoms with Gasteiger partial charge in [-0.2, -0.15) is 0 Å². The molecule has 0 saturated heterocycles. The Kier molecular flexibility index (Phi) is 7.73. The lowest BCUT2D eigenvalue weighted by atomic mass is 10.1. The minimum absolute atomic E-state index is 0.120. The van der Waals surface area contributed by atoms with Crippen molar-refractivity contribution in [1.29, 1.82) is 0 Å². The molecular weight excluding hydrogens is 320 g/mol. The van der Waals surface area contributed by atoms with Gasteiger partial charge in [0.2, 0.25) is 0 Å². The Labute approximate surface area is 145 Å². The van der Waals surface area contributed by atoms with Crippen LogP contribution in [0.25, 0.3) is 0 Å². The monoisotopic (exact) mass is 346 g/mol. The Morgan fingerprint density at radius 3 is 2.08 bits per heavy atom. The van der Waals surface area contributed by atoms with Gasteiger partial charge >= 0.3 is 11.9 Å². The van der Waals surface area contributed by atoms with E-state index in [4.69, 9.17) is 0 Å². The van der Waals surface area contributed by atoms with E-state index in [2.05, 4.69) is 65.6 Å². The van der Waals surface area contributed by atoms with Crippen LogP contribution in [0.2, 0.25) is 18.6 Å². The van der Waals surface area contributed by atoms with Crippen LogP contribution in [0.1, 0.15) is 19.8 Å². The van der Waals surface area contributed by atoms with Crippen molar-refractivity contribution < 1.29 is 19.1 Å². The number of ether oxygens (including phenoxy) is 2. The van der Waals surface area contributed by atoms with Gasteiger partial charge in [-0.25, -0.2) is 0 Å². The Balaban J connectivity index is 2.94. The summed E-state index contributed by atoms with van der Waals surface area (Å²) in [6, 6.07) is 10.4. The first-order valence-electron chi connectivity index (χ1n) is 8.08. The van der Waals surface area contributed by atoms with Gasteiger partial charge in [-0.05, 0) is 6.42 Å². The molecule has 0 heterocycles. The molecule has 1 unspecified atom stereocenters. The van der Waals surface area contributed by atoms with Crippen LogP contribution in [0.4, 0.5) is 0 Å². The molecule has 1 aromatic rings. The van der Waals surface area contributed by atoms with E-state index in [9.17, 15) is 9.59 Å². The second kappa shape index (κ2) is 9.29. The molecule has 0 radical (unpaired) electrons. The van der Waals surface area contributed by atoms with Gasteiger partial charge in [0.1, 0.15) is 0 Å². The van der Waals surface area contributed by atoms with E-state index in [-0.39, 0.29) is 12.0 Å². The minimum atomic E-state index is -1.76. The summed E-state index contributed by atoms with van der Waals surface area (Å²) in [5, 5.41) is 1.35. The third-order valence-electron chi connectivity index (χ3n) is 4.35. The number of hydrogen-bond donors (Lipinski definition) is 0. The standard InChI is InChI=1S/C19H26O4Si/c1-6-15(24(4,5)16-11-8-7-9-12-16)13-10-14-17(18(20)22-2)19(21)23-3/h7-9,11-12,15,17H,6,14H2,1-5H3. The second-order valence-electron chi connectivity index (χ2n) is 6.17. The molecule has 0 aromatic heterocycles. The molecule has 0 saturated carbocycles. The molecule has 24 heavy (non-hydrogen) atoms. The molecule has 0 aliphatic carbocycles. The number of rotatable bonds is 6. The molecule has 0 fully saturated rings. The average molecular weight is 346 g/mol. The summed E-state index contributed by atoms with van der Waals surface area (Å²) in [5.41, 5.74) is 0.246. The van der Waals surface area contributed by atoms with Gasteiger partial charge in [0, 0.05) is 12.0 Å². The lowest BCUT2D eigenvalue weighted by Crippen LogP contribution is -2.45. The summed E-state index contributed by atoms with van der Waals surface area (Å²) < 4.78 is 9.31. The molecule has 1 aromatic carbocycles. The van der Waals surface area contributed by atoms with Crippen molar-refractivity contribution in [2.24, 2.45) is 5.92 Å². The first kappa shape index (κ1) is 20.0. The van der Waals surface area contributed by atoms with Gasteiger partial charge in [-0.1, -0.05) is 55.5 Å². The van der Waals surface area contributed by atoms with Crippen LogP contribution in [-0.2, 0) is 19.1 Å². The van der Waals surface area contributed by atoms with Crippen molar-refractivity contribution in [3.05, 3.63) is 30.3 Å². The Hall–Kier alpha value is -2.06. The Morgan fingerprint density at radius 2 is 1.62 bits per heavy atom. The molecule has 5 heteroatoms. The zero-order chi connectivity index (χ0) is 18.2. The fourth-order valence-electron chi connectivity index (χ4n) is 2.69. The van der Waals surface area contributed by atoms with Crippen molar-refractivity contribution in [3.8, 4) is 11.8 Å². The van der Waals surface area contributed by atoms with Crippen molar-refractivity contribution in [1.82, 2.24) is 0 Å². The lowest BCUT2D eigenvalue weighted by Gasteiger charge is -2.28. The van der Waals surface area contributed by atoms with Crippen LogP contribution >= 0.6 is 0 Å². The highest BCUT2D eigenvalue weighted by Crippen LogP contribution is 2.24. The fraction of sp³-hybridized carbons (Fsp3) is 0.474. The normalized spacial score (nSPS) is 12.1. The minimum Gasteiger partial charge on any atom is -0.468 e. The van der Waals surface area contributed by atoms with E-state index in [0.29, 0.717) is 0 Å². The summed E-state index contributed by atoms with van der Waals surface area (Å²) in [5.74, 6) is 4.12. The van der Waals surface area contributed by atoms with E-state index in [1.165, 1.54) is 19.4 Å². The zero-order valence-corrected chi connectivity index (χ0v) is 16.1. The molecule has 0 aliphatic heterocycles. The van der Waals surface area contributed by atoms with Crippen LogP contribution in [0.5, 0.6) is 0 Å². The van der Waals surface area contributed by atoms with Crippen LogP contribution in [0, 0.1) is 17.8 Å². The fourth-order valence-corrected chi connectivity index (χ4v) is 5.63. The maximum absolute atomic E-state index is 11.7. The first-order valence-corrected chi connectivity index (χ1v) is 11.2. The van der Waals surface area contributed by atoms with Gasteiger partial charge < -0.3 is 9.47 Å². The highest BCUT2D eigenvalue weighted by Gasteiger charge is 2.32. The number of benzene rings is 1. The largest absolute Gasteiger partial charge is 0.468 e. The molecule has 0 bridgehead atoms. The topological polar surface area (TPSA) is 52.6 Å². The average Bonchev–Trinajstić information content (AvgIpc) is 2.61. The van der Waals surface area contributed by atoms with Gasteiger partial charge in [0.15, 0.2) is 5.92 Å². The number of carbonyl (C=O) groups excluding carboxylic acids is 2. The van der Waals surface area contributed by atoms with Gasteiger partial charge in [0.25, 0.3) is 0 Å². The van der Waals surface area contributed by atoms with Crippen molar-refractivity contribution in [3.63, 3.8) is 0 Å². The third-order valence-corrected chi connectivity index (χ3v) is 8.47. The summed E-state index contributed by atoms with van der Waals surface area (Å²) in [4.78, 5) is 23.4. The van der Waals surface area contributed by atoms with E-state index in [1.807, 2.05) is 6.07 Å². The van der Waals surface area contributed by atoms with E-state index < -0.39 is 25.9 Å². The third kappa shape index (κ3) is 4.97. The molecule has 4 nitrogen and oxygen atoms in total. The van der Waals surface area contributed by atoms with E-state index >= 15 is 0 Å². The maximum Gasteiger partial charge on any atom is 0.321 e. The predicted octanol–water partition coefficient (Wildman–Crippen LogP) is 2.74. The molecule has 130 valence electrons. The number of carbonyl (C=O) groups is 2. The van der Waals surface area contributed by atoms with E-state index in [1.54, 1.807) is 0 Å². The molecular formula is C19H26O4Si. The van der Waals surface area contributed by atoms with Gasteiger partial charge in [-0.15, -0.1) is 11.8 Å². The number of esters is 2. The van der Waals surface area contributed by atoms with Gasteiger partial charge in [-0.3, -0.25) is 9.59 Å². The van der Waals surface area contributed by atoms with Crippen LogP contribution in [-0.4, -0.2) is 34.2 Å². The van der Waals surface area contributed by atoms with Crippen LogP contribution < -0.4 is 5.19 Å². The molecule has 0 N–H and O–H groups in total. The SMILES string of the molecule is CCC(C#CCC(C(=O)OC)C(=O)OC)[Si](C)(C)c1ccccc1. The molecule has 0 spiro atoms. The van der Waals surface area contributed by atoms with E-state index in [0.717, 1.165) is 6.42 Å². The number of hydrogen-bond acceptors (Lipinski definition) is 4. The zero-order valence-electron chi connectivity index (χ0n) is 15.1. The molecule has 1 atom stereocenters. The number of methoxy groups -OCH3 is 2. The quantitative estimate of drug-likeness (QED) is 0.344. The summed E-state index contributed by atoms with van der Waals surface area (Å²) in [7, 11) is 0.754. The van der Waals surface area contributed by atoms with Crippen LogP contribution in [0.15, 0.2) is 30.3 Å². The first-order chi connectivity index (χ1) is 11.4. The van der Waals surface area contributed by atoms with Crippen molar-refractivity contribution in [2.45, 2.75) is 38.4 Å². The predicted molar refractivity (Wildman–Crippen MR) is 97.5 cm³/mol. The highest BCUT2D eigenvalue weighted by molar-refractivity contribution is 6.91. The van der Waals surface area contributed by atoms with Crippen molar-refractivity contribution >= 4 is 25.2 Å². The maximum atomic E-state index is 11.7. The summed E-state index contributed by atoms with van der Waals surface area (Å²) in [6.07, 6.45) is 1.05. The lowest BCUT2D eigenvalue weighted by molar-refractivity contribution is -0.158. The second-order valence-corrected chi connectivity index (χ2v) is 10.9. The summed E-state index contributed by atoms with van der Waals surface area (Å²) >= 11 is 0. The highest BCUT2D eigenvalue weighted by atomic mass is 28.3. The van der Waals surface area contributed by atoms with Gasteiger partial charge in [0.05, 0.1) is 22.3 Å². The molecule has 0 aliphatic rings. The molecule has 1 rings (SSSR count). The van der Waals surface area contributed by atoms with Crippen molar-refractivity contribution in [2.75, 3.05) is 14.2 Å². The Morgan fingerprint density at radius 1 is 1.08 bits per heavy atom. The van der Waals surface area contributed by atoms with Crippen LogP contribution in [0.3, 0.4) is 0 Å².